The molecule has 112 valence electrons. The fourth-order valence-corrected chi connectivity index (χ4v) is 2.15. The minimum atomic E-state index is -0.542. The first-order valence-corrected chi connectivity index (χ1v) is 6.79. The van der Waals surface area contributed by atoms with Crippen molar-refractivity contribution in [3.8, 4) is 0 Å². The zero-order valence-corrected chi connectivity index (χ0v) is 12.0. The van der Waals surface area contributed by atoms with E-state index in [1.807, 2.05) is 30.3 Å². The van der Waals surface area contributed by atoms with Crippen molar-refractivity contribution in [1.82, 2.24) is 30.0 Å². The predicted octanol–water partition coefficient (Wildman–Crippen LogP) is 0.829. The molecule has 0 saturated carbocycles. The zero-order valence-electron chi connectivity index (χ0n) is 12.0. The number of aromatic nitrogens is 6. The second kappa shape index (κ2) is 6.17. The fraction of sp³-hybridized carbons (Fsp3) is 0.214. The Hall–Kier alpha value is -3.03. The van der Waals surface area contributed by atoms with Gasteiger partial charge in [0.25, 0.3) is 5.91 Å². The Kier molecular flexibility index (Phi) is 3.90. The van der Waals surface area contributed by atoms with Crippen LogP contribution in [0.3, 0.4) is 0 Å². The minimum absolute atomic E-state index is 0.213. The second-order valence-electron chi connectivity index (χ2n) is 4.86. The molecule has 0 aliphatic carbocycles. The third kappa shape index (κ3) is 3.17. The molecule has 3 rings (SSSR count). The molecule has 0 aliphatic heterocycles. The van der Waals surface area contributed by atoms with Crippen LogP contribution in [-0.2, 0) is 18.3 Å². The molecule has 1 amide bonds. The summed E-state index contributed by atoms with van der Waals surface area (Å²) in [7, 11) is 1.79. The lowest BCUT2D eigenvalue weighted by Crippen LogP contribution is -2.28. The lowest BCUT2D eigenvalue weighted by Gasteiger charge is -2.15. The highest BCUT2D eigenvalue weighted by atomic mass is 16.2. The number of tetrazole rings is 1. The number of nitrogens with one attached hydrogen (secondary N) is 1. The molecule has 0 radical (unpaired) electrons. The van der Waals surface area contributed by atoms with Gasteiger partial charge in [0, 0.05) is 25.7 Å². The Bertz CT molecular complexity index is 736. The minimum Gasteiger partial charge on any atom is -0.307 e. The average molecular weight is 297 g/mol. The zero-order chi connectivity index (χ0) is 15.4. The molecule has 3 aromatic rings. The number of carbonyl (C=O) groups is 1. The summed E-state index contributed by atoms with van der Waals surface area (Å²) in [6, 6.07) is 10.9. The van der Waals surface area contributed by atoms with Crippen molar-refractivity contribution in [2.45, 2.75) is 12.5 Å². The topological polar surface area (TPSA) is 90.5 Å². The Balaban J connectivity index is 1.80. The van der Waals surface area contributed by atoms with Gasteiger partial charge < -0.3 is 5.32 Å². The van der Waals surface area contributed by atoms with Crippen molar-refractivity contribution < 1.29 is 4.79 Å². The molecule has 0 spiro atoms. The second-order valence-corrected chi connectivity index (χ2v) is 4.86. The number of amides is 1. The summed E-state index contributed by atoms with van der Waals surface area (Å²) in [5, 5.41) is 18.0. The van der Waals surface area contributed by atoms with Crippen molar-refractivity contribution >= 4 is 11.7 Å². The van der Waals surface area contributed by atoms with E-state index in [2.05, 4.69) is 25.9 Å². The van der Waals surface area contributed by atoms with Gasteiger partial charge >= 0.3 is 0 Å². The SMILES string of the molecule is Cn1ccc(NC(=O)[C@H](Cc2ccccc2)n2cnnn2)n1. The van der Waals surface area contributed by atoms with E-state index in [0.717, 1.165) is 5.56 Å². The Labute approximate surface area is 126 Å². The maximum absolute atomic E-state index is 12.5. The lowest BCUT2D eigenvalue weighted by atomic mass is 10.1. The number of anilines is 1. The van der Waals surface area contributed by atoms with Crippen molar-refractivity contribution in [3.63, 3.8) is 0 Å². The number of hydrogen-bond donors (Lipinski definition) is 1. The van der Waals surface area contributed by atoms with Gasteiger partial charge in [-0.3, -0.25) is 9.48 Å². The summed E-state index contributed by atoms with van der Waals surface area (Å²) < 4.78 is 3.07. The van der Waals surface area contributed by atoms with Crippen LogP contribution in [-0.4, -0.2) is 35.9 Å². The van der Waals surface area contributed by atoms with E-state index in [-0.39, 0.29) is 5.91 Å². The quantitative estimate of drug-likeness (QED) is 0.753. The maximum atomic E-state index is 12.5. The molecule has 1 atom stereocenters. The highest BCUT2D eigenvalue weighted by Crippen LogP contribution is 2.15. The fourth-order valence-electron chi connectivity index (χ4n) is 2.15. The molecule has 22 heavy (non-hydrogen) atoms. The average Bonchev–Trinajstić information content (AvgIpc) is 3.18. The normalized spacial score (nSPS) is 12.0. The molecule has 2 aromatic heterocycles. The Morgan fingerprint density at radius 2 is 2.09 bits per heavy atom. The van der Waals surface area contributed by atoms with E-state index in [1.54, 1.807) is 24.0 Å². The predicted molar refractivity (Wildman–Crippen MR) is 78.8 cm³/mol. The largest absolute Gasteiger partial charge is 0.307 e. The van der Waals surface area contributed by atoms with E-state index in [1.165, 1.54) is 11.0 Å². The van der Waals surface area contributed by atoms with Crippen molar-refractivity contribution in [2.75, 3.05) is 5.32 Å². The van der Waals surface area contributed by atoms with E-state index in [0.29, 0.717) is 12.2 Å². The number of hydrogen-bond acceptors (Lipinski definition) is 5. The molecule has 2 heterocycles. The molecule has 0 unspecified atom stereocenters. The van der Waals surface area contributed by atoms with Crippen LogP contribution >= 0.6 is 0 Å². The van der Waals surface area contributed by atoms with Crippen LogP contribution in [0, 0.1) is 0 Å². The first kappa shape index (κ1) is 13.9. The maximum Gasteiger partial charge on any atom is 0.250 e. The van der Waals surface area contributed by atoms with Gasteiger partial charge in [0.15, 0.2) is 5.82 Å². The van der Waals surface area contributed by atoms with Crippen LogP contribution in [0.25, 0.3) is 0 Å². The molecule has 8 heteroatoms. The summed E-state index contributed by atoms with van der Waals surface area (Å²) in [6.45, 7) is 0. The summed E-state index contributed by atoms with van der Waals surface area (Å²) in [6.07, 6.45) is 3.69. The van der Waals surface area contributed by atoms with Crippen LogP contribution in [0.2, 0.25) is 0 Å². The molecule has 1 aromatic carbocycles. The van der Waals surface area contributed by atoms with Crippen LogP contribution in [0.4, 0.5) is 5.82 Å². The van der Waals surface area contributed by atoms with Crippen LogP contribution < -0.4 is 5.32 Å². The Morgan fingerprint density at radius 3 is 2.73 bits per heavy atom. The third-order valence-corrected chi connectivity index (χ3v) is 3.22. The van der Waals surface area contributed by atoms with Gasteiger partial charge in [-0.25, -0.2) is 4.68 Å². The van der Waals surface area contributed by atoms with E-state index < -0.39 is 6.04 Å². The van der Waals surface area contributed by atoms with Crippen LogP contribution in [0.5, 0.6) is 0 Å². The first-order valence-electron chi connectivity index (χ1n) is 6.79. The van der Waals surface area contributed by atoms with Gasteiger partial charge in [0.1, 0.15) is 12.4 Å². The number of rotatable bonds is 5. The van der Waals surface area contributed by atoms with Crippen molar-refractivity contribution in [3.05, 3.63) is 54.5 Å². The van der Waals surface area contributed by atoms with Gasteiger partial charge in [0.2, 0.25) is 0 Å². The summed E-state index contributed by atoms with van der Waals surface area (Å²) in [5.74, 6) is 0.286. The molecule has 0 fully saturated rings. The van der Waals surface area contributed by atoms with E-state index in [4.69, 9.17) is 0 Å². The third-order valence-electron chi connectivity index (χ3n) is 3.22. The highest BCUT2D eigenvalue weighted by Gasteiger charge is 2.23. The van der Waals surface area contributed by atoms with E-state index >= 15 is 0 Å². The van der Waals surface area contributed by atoms with Gasteiger partial charge in [-0.2, -0.15) is 5.10 Å². The molecular formula is C14H15N7O. The van der Waals surface area contributed by atoms with Crippen molar-refractivity contribution in [1.29, 1.82) is 0 Å². The first-order chi connectivity index (χ1) is 10.7. The molecule has 0 saturated heterocycles. The summed E-state index contributed by atoms with van der Waals surface area (Å²) in [4.78, 5) is 12.5. The Morgan fingerprint density at radius 1 is 1.27 bits per heavy atom. The standard InChI is InChI=1S/C14H15N7O/c1-20-8-7-13(17-20)16-14(22)12(21-10-15-18-19-21)9-11-5-3-2-4-6-11/h2-8,10,12H,9H2,1H3,(H,16,17,22)/t12-/m0/s1. The van der Waals surface area contributed by atoms with E-state index in [9.17, 15) is 4.79 Å². The van der Waals surface area contributed by atoms with Gasteiger partial charge in [0.05, 0.1) is 0 Å². The lowest BCUT2D eigenvalue weighted by molar-refractivity contribution is -0.119. The summed E-state index contributed by atoms with van der Waals surface area (Å²) >= 11 is 0. The molecule has 0 bridgehead atoms. The van der Waals surface area contributed by atoms with Crippen LogP contribution in [0.1, 0.15) is 11.6 Å². The summed E-state index contributed by atoms with van der Waals surface area (Å²) in [5.41, 5.74) is 1.03. The van der Waals surface area contributed by atoms with Crippen molar-refractivity contribution in [2.24, 2.45) is 7.05 Å². The smallest absolute Gasteiger partial charge is 0.250 e. The molecule has 1 N–H and O–H groups in total. The van der Waals surface area contributed by atoms with Gasteiger partial charge in [-0.05, 0) is 16.0 Å². The van der Waals surface area contributed by atoms with Gasteiger partial charge in [-0.15, -0.1) is 5.10 Å². The number of carbonyl (C=O) groups excluding carboxylic acids is 1. The van der Waals surface area contributed by atoms with Crippen LogP contribution in [0.15, 0.2) is 48.9 Å². The number of benzene rings is 1. The van der Waals surface area contributed by atoms with Gasteiger partial charge in [-0.1, -0.05) is 30.3 Å². The monoisotopic (exact) mass is 297 g/mol. The highest BCUT2D eigenvalue weighted by molar-refractivity contribution is 5.92. The number of nitrogens with zero attached hydrogens (tertiary/aromatic N) is 6. The molecule has 8 nitrogen and oxygen atoms in total. The molecular weight excluding hydrogens is 282 g/mol. The molecule has 0 aliphatic rings. The number of aryl methyl sites for hydroxylation is 1.